The van der Waals surface area contributed by atoms with Gasteiger partial charge in [-0.05, 0) is 93.2 Å². The van der Waals surface area contributed by atoms with Crippen molar-refractivity contribution in [2.75, 3.05) is 13.2 Å². The van der Waals surface area contributed by atoms with Crippen molar-refractivity contribution in [3.05, 3.63) is 59.7 Å². The Labute approximate surface area is 210 Å². The first-order chi connectivity index (χ1) is 17.2. The van der Waals surface area contributed by atoms with Crippen LogP contribution in [0.25, 0.3) is 0 Å². The minimum absolute atomic E-state index is 0.0828. The molecule has 1 aromatic rings. The maximum Gasteiger partial charge on any atom is 0.412 e. The summed E-state index contributed by atoms with van der Waals surface area (Å²) >= 11 is 0. The van der Waals surface area contributed by atoms with Crippen molar-refractivity contribution in [3.63, 3.8) is 0 Å². The lowest BCUT2D eigenvalue weighted by atomic mass is 9.76. The van der Waals surface area contributed by atoms with Crippen LogP contribution < -0.4 is 0 Å². The number of halogens is 5. The van der Waals surface area contributed by atoms with E-state index in [1.54, 1.807) is 6.07 Å². The summed E-state index contributed by atoms with van der Waals surface area (Å²) in [5, 5.41) is 0. The van der Waals surface area contributed by atoms with E-state index < -0.39 is 17.9 Å². The molecule has 0 radical (unpaired) electrons. The molecule has 200 valence electrons. The van der Waals surface area contributed by atoms with Crippen molar-refractivity contribution in [1.82, 2.24) is 0 Å². The second-order valence-electron chi connectivity index (χ2n) is 10.8. The van der Waals surface area contributed by atoms with Gasteiger partial charge in [0.05, 0.1) is 19.3 Å². The van der Waals surface area contributed by atoms with Gasteiger partial charge in [0, 0.05) is 17.8 Å². The monoisotopic (exact) mass is 512 g/mol. The molecule has 2 nitrogen and oxygen atoms in total. The Bertz CT molecular complexity index is 887. The first kappa shape index (κ1) is 27.3. The summed E-state index contributed by atoms with van der Waals surface area (Å²) < 4.78 is 78.3. The van der Waals surface area contributed by atoms with E-state index in [1.807, 2.05) is 18.2 Å². The average molecular weight is 513 g/mol. The smallest absolute Gasteiger partial charge is 0.352 e. The summed E-state index contributed by atoms with van der Waals surface area (Å²) in [6.07, 6.45) is 4.37. The molecule has 0 unspecified atom stereocenters. The van der Waals surface area contributed by atoms with Gasteiger partial charge in [0.1, 0.15) is 11.6 Å². The van der Waals surface area contributed by atoms with Crippen LogP contribution in [0, 0.1) is 23.6 Å². The third kappa shape index (κ3) is 7.18. The van der Waals surface area contributed by atoms with Crippen LogP contribution in [-0.2, 0) is 9.47 Å². The normalized spacial score (nSPS) is 32.3. The first-order valence-electron chi connectivity index (χ1n) is 13.3. The quantitative estimate of drug-likeness (QED) is 0.269. The molecule has 2 aliphatic carbocycles. The van der Waals surface area contributed by atoms with Crippen molar-refractivity contribution in [2.45, 2.75) is 88.5 Å². The number of rotatable bonds is 7. The van der Waals surface area contributed by atoms with E-state index in [2.05, 4.69) is 6.58 Å². The Morgan fingerprint density at radius 1 is 0.944 bits per heavy atom. The van der Waals surface area contributed by atoms with Crippen molar-refractivity contribution < 1.29 is 31.4 Å². The van der Waals surface area contributed by atoms with Crippen molar-refractivity contribution >= 4 is 0 Å². The SMILES string of the molecule is C=CCCC1COC(C2CCC(c3ccc(C4CCC(/C(F)=C/C(F)(F)F)CC4)c(F)c3)CC2)OC1. The van der Waals surface area contributed by atoms with Crippen LogP contribution in [0.2, 0.25) is 0 Å². The van der Waals surface area contributed by atoms with E-state index in [1.165, 1.54) is 0 Å². The van der Waals surface area contributed by atoms with Crippen molar-refractivity contribution in [1.29, 1.82) is 0 Å². The highest BCUT2D eigenvalue weighted by atomic mass is 19.4. The lowest BCUT2D eigenvalue weighted by Gasteiger charge is -2.37. The molecular weight excluding hydrogens is 475 g/mol. The number of hydrogen-bond acceptors (Lipinski definition) is 2. The Morgan fingerprint density at radius 2 is 1.58 bits per heavy atom. The minimum atomic E-state index is -4.65. The van der Waals surface area contributed by atoms with E-state index in [-0.39, 0.29) is 24.1 Å². The zero-order valence-electron chi connectivity index (χ0n) is 20.7. The highest BCUT2D eigenvalue weighted by Gasteiger charge is 2.34. The fraction of sp³-hybridized carbons (Fsp3) is 0.655. The van der Waals surface area contributed by atoms with Gasteiger partial charge >= 0.3 is 6.18 Å². The van der Waals surface area contributed by atoms with Crippen LogP contribution in [0.5, 0.6) is 0 Å². The maximum atomic E-state index is 15.1. The molecule has 0 amide bonds. The minimum Gasteiger partial charge on any atom is -0.352 e. The molecule has 0 N–H and O–H groups in total. The summed E-state index contributed by atoms with van der Waals surface area (Å²) in [5.41, 5.74) is 1.60. The molecule has 2 saturated carbocycles. The molecule has 0 bridgehead atoms. The van der Waals surface area contributed by atoms with Crippen LogP contribution in [0.15, 0.2) is 42.8 Å². The highest BCUT2D eigenvalue weighted by Crippen LogP contribution is 2.43. The molecule has 1 aliphatic heterocycles. The molecule has 3 fully saturated rings. The topological polar surface area (TPSA) is 18.5 Å². The predicted molar refractivity (Wildman–Crippen MR) is 130 cm³/mol. The second-order valence-corrected chi connectivity index (χ2v) is 10.8. The predicted octanol–water partition coefficient (Wildman–Crippen LogP) is 8.74. The van der Waals surface area contributed by atoms with Gasteiger partial charge < -0.3 is 9.47 Å². The number of allylic oxidation sites excluding steroid dienone is 3. The van der Waals surface area contributed by atoms with E-state index >= 15 is 4.39 Å². The van der Waals surface area contributed by atoms with Gasteiger partial charge in [-0.15, -0.1) is 6.58 Å². The number of alkyl halides is 3. The molecule has 1 saturated heterocycles. The van der Waals surface area contributed by atoms with Gasteiger partial charge in [-0.3, -0.25) is 0 Å². The van der Waals surface area contributed by atoms with Gasteiger partial charge in [-0.25, -0.2) is 8.78 Å². The van der Waals surface area contributed by atoms with Gasteiger partial charge in [0.25, 0.3) is 0 Å². The molecule has 36 heavy (non-hydrogen) atoms. The fourth-order valence-electron chi connectivity index (χ4n) is 6.16. The Balaban J connectivity index is 1.26. The number of benzene rings is 1. The molecule has 0 atom stereocenters. The van der Waals surface area contributed by atoms with E-state index in [9.17, 15) is 17.6 Å². The van der Waals surface area contributed by atoms with Crippen molar-refractivity contribution in [3.8, 4) is 0 Å². The molecule has 7 heteroatoms. The van der Waals surface area contributed by atoms with Crippen LogP contribution in [0.3, 0.4) is 0 Å². The summed E-state index contributed by atoms with van der Waals surface area (Å²) in [7, 11) is 0. The second kappa shape index (κ2) is 12.2. The van der Waals surface area contributed by atoms with Gasteiger partial charge in [0.15, 0.2) is 6.29 Å². The van der Waals surface area contributed by atoms with Gasteiger partial charge in [-0.2, -0.15) is 13.2 Å². The van der Waals surface area contributed by atoms with Gasteiger partial charge in [-0.1, -0.05) is 18.2 Å². The third-order valence-corrected chi connectivity index (χ3v) is 8.28. The molecule has 1 aromatic carbocycles. The molecular formula is C29H37F5O2. The Morgan fingerprint density at radius 3 is 2.17 bits per heavy atom. The van der Waals surface area contributed by atoms with Crippen LogP contribution in [-0.4, -0.2) is 25.7 Å². The molecule has 3 aliphatic rings. The lowest BCUT2D eigenvalue weighted by Crippen LogP contribution is -2.38. The summed E-state index contributed by atoms with van der Waals surface area (Å²) in [4.78, 5) is 0. The highest BCUT2D eigenvalue weighted by molar-refractivity contribution is 5.30. The fourth-order valence-corrected chi connectivity index (χ4v) is 6.16. The molecule has 4 rings (SSSR count). The number of ether oxygens (including phenoxy) is 2. The number of hydrogen-bond donors (Lipinski definition) is 0. The van der Waals surface area contributed by atoms with E-state index in [0.29, 0.717) is 49.0 Å². The molecule has 0 aromatic heterocycles. The lowest BCUT2D eigenvalue weighted by molar-refractivity contribution is -0.229. The average Bonchev–Trinajstić information content (AvgIpc) is 2.87. The Kier molecular flexibility index (Phi) is 9.26. The van der Waals surface area contributed by atoms with Gasteiger partial charge in [0.2, 0.25) is 0 Å². The van der Waals surface area contributed by atoms with Crippen molar-refractivity contribution in [2.24, 2.45) is 17.8 Å². The third-order valence-electron chi connectivity index (χ3n) is 8.28. The van der Waals surface area contributed by atoms with E-state index in [0.717, 1.165) is 57.3 Å². The molecule has 1 heterocycles. The van der Waals surface area contributed by atoms with Crippen LogP contribution in [0.4, 0.5) is 22.0 Å². The zero-order chi connectivity index (χ0) is 25.7. The van der Waals surface area contributed by atoms with Crippen LogP contribution >= 0.6 is 0 Å². The standard InChI is InChI=1S/C29H37F5O2/c1-2-3-4-19-17-35-28(36-18-19)23-11-5-20(6-12-23)24-13-14-25(26(30)15-24)21-7-9-22(10-8-21)27(31)16-29(32,33)34/h2,13-16,19-23,28H,1,3-12,17-18H2/b27-16-. The zero-order valence-corrected chi connectivity index (χ0v) is 20.7. The van der Waals surface area contributed by atoms with E-state index in [4.69, 9.17) is 9.47 Å². The first-order valence-corrected chi connectivity index (χ1v) is 13.3. The summed E-state index contributed by atoms with van der Waals surface area (Å²) in [6.45, 7) is 5.24. The summed E-state index contributed by atoms with van der Waals surface area (Å²) in [6, 6.07) is 5.46. The Hall–Kier alpha value is -1.73. The molecule has 0 spiro atoms. The maximum absolute atomic E-state index is 15.1. The summed E-state index contributed by atoms with van der Waals surface area (Å²) in [5.74, 6) is -1.07. The largest absolute Gasteiger partial charge is 0.412 e. The van der Waals surface area contributed by atoms with Crippen LogP contribution in [0.1, 0.15) is 87.2 Å².